The van der Waals surface area contributed by atoms with Gasteiger partial charge in [0, 0.05) is 37.3 Å². The van der Waals surface area contributed by atoms with Crippen molar-refractivity contribution in [3.05, 3.63) is 63.0 Å². The molecule has 0 saturated heterocycles. The lowest BCUT2D eigenvalue weighted by atomic mass is 10.2. The van der Waals surface area contributed by atoms with Crippen LogP contribution in [0.1, 0.15) is 23.1 Å². The van der Waals surface area contributed by atoms with Gasteiger partial charge in [-0.2, -0.15) is 0 Å². The Hall–Kier alpha value is -2.25. The van der Waals surface area contributed by atoms with E-state index >= 15 is 0 Å². The van der Waals surface area contributed by atoms with Crippen LogP contribution in [0.2, 0.25) is 0 Å². The average molecular weight is 347 g/mol. The van der Waals surface area contributed by atoms with Crippen molar-refractivity contribution >= 4 is 17.9 Å². The third kappa shape index (κ3) is 4.18. The summed E-state index contributed by atoms with van der Waals surface area (Å²) in [4.78, 5) is 24.8. The van der Waals surface area contributed by atoms with Crippen molar-refractivity contribution in [2.24, 2.45) is 13.0 Å². The average Bonchev–Trinajstić information content (AvgIpc) is 2.76. The van der Waals surface area contributed by atoms with Gasteiger partial charge >= 0.3 is 0 Å². The number of allylic oxidation sites excluding steroid dienone is 5. The standard InChI is InChI=1S/C17H21N3O3S/c1-11-5-4-6-13(8-7-11)24-19-10-12-9-14(21)16(22)15(20(12)3)17(23)18-2/h4-9,11,19,22H,10H2,1-3H3,(H,18,23). The molecule has 7 heteroatoms. The Kier molecular flexibility index (Phi) is 6.05. The number of aromatic hydroxyl groups is 1. The summed E-state index contributed by atoms with van der Waals surface area (Å²) in [5.74, 6) is -0.649. The van der Waals surface area contributed by atoms with Crippen molar-refractivity contribution in [3.8, 4) is 5.75 Å². The summed E-state index contributed by atoms with van der Waals surface area (Å²) < 4.78 is 4.69. The fourth-order valence-corrected chi connectivity index (χ4v) is 2.92. The maximum atomic E-state index is 11.9. The second kappa shape index (κ2) is 8.03. The first-order chi connectivity index (χ1) is 11.4. The summed E-state index contributed by atoms with van der Waals surface area (Å²) in [5, 5.41) is 12.3. The fraction of sp³-hybridized carbons (Fsp3) is 0.294. The summed E-state index contributed by atoms with van der Waals surface area (Å²) in [6, 6.07) is 1.33. The lowest BCUT2D eigenvalue weighted by Crippen LogP contribution is -2.27. The first-order valence-electron chi connectivity index (χ1n) is 7.54. The predicted molar refractivity (Wildman–Crippen MR) is 96.7 cm³/mol. The van der Waals surface area contributed by atoms with Crippen LogP contribution in [0.5, 0.6) is 5.75 Å². The molecule has 0 radical (unpaired) electrons. The Morgan fingerprint density at radius 1 is 1.42 bits per heavy atom. The molecule has 0 spiro atoms. The monoisotopic (exact) mass is 347 g/mol. The molecule has 3 N–H and O–H groups in total. The van der Waals surface area contributed by atoms with Crippen molar-refractivity contribution in [3.63, 3.8) is 0 Å². The van der Waals surface area contributed by atoms with Crippen LogP contribution in [0, 0.1) is 5.92 Å². The molecule has 1 amide bonds. The summed E-state index contributed by atoms with van der Waals surface area (Å²) in [5.41, 5.74) is -0.0121. The molecule has 1 aromatic rings. The predicted octanol–water partition coefficient (Wildman–Crippen LogP) is 1.83. The van der Waals surface area contributed by atoms with Gasteiger partial charge < -0.3 is 15.0 Å². The zero-order valence-corrected chi connectivity index (χ0v) is 14.7. The number of pyridine rings is 1. The number of rotatable bonds is 5. The normalized spacial score (nSPS) is 16.6. The third-order valence-electron chi connectivity index (χ3n) is 3.65. The van der Waals surface area contributed by atoms with Crippen LogP contribution in [0.4, 0.5) is 0 Å². The van der Waals surface area contributed by atoms with E-state index < -0.39 is 17.1 Å². The second-order valence-corrected chi connectivity index (χ2v) is 6.39. The molecule has 0 aliphatic heterocycles. The summed E-state index contributed by atoms with van der Waals surface area (Å²) >= 11 is 1.44. The number of aromatic nitrogens is 1. The summed E-state index contributed by atoms with van der Waals surface area (Å²) in [7, 11) is 3.09. The summed E-state index contributed by atoms with van der Waals surface area (Å²) in [6.07, 6.45) is 10.2. The summed E-state index contributed by atoms with van der Waals surface area (Å²) in [6.45, 7) is 2.47. The van der Waals surface area contributed by atoms with Gasteiger partial charge in [0.25, 0.3) is 5.91 Å². The Morgan fingerprint density at radius 3 is 2.88 bits per heavy atom. The molecule has 24 heavy (non-hydrogen) atoms. The van der Waals surface area contributed by atoms with Gasteiger partial charge in [0.15, 0.2) is 11.4 Å². The van der Waals surface area contributed by atoms with Gasteiger partial charge in [-0.05, 0) is 23.9 Å². The van der Waals surface area contributed by atoms with Crippen molar-refractivity contribution in [2.45, 2.75) is 13.5 Å². The minimum atomic E-state index is -0.571. The van der Waals surface area contributed by atoms with Crippen LogP contribution in [0.25, 0.3) is 0 Å². The Bertz CT molecular complexity index is 778. The third-order valence-corrected chi connectivity index (χ3v) is 4.44. The van der Waals surface area contributed by atoms with Crippen LogP contribution in [0.15, 0.2) is 46.1 Å². The molecule has 0 aromatic carbocycles. The van der Waals surface area contributed by atoms with Gasteiger partial charge in [-0.3, -0.25) is 14.3 Å². The molecular formula is C17H21N3O3S. The zero-order chi connectivity index (χ0) is 17.7. The molecule has 1 aromatic heterocycles. The number of amides is 1. The fourth-order valence-electron chi connectivity index (χ4n) is 2.24. The highest BCUT2D eigenvalue weighted by Gasteiger charge is 2.18. The van der Waals surface area contributed by atoms with E-state index in [4.69, 9.17) is 0 Å². The molecule has 1 aliphatic rings. The van der Waals surface area contributed by atoms with E-state index in [-0.39, 0.29) is 5.69 Å². The molecule has 0 bridgehead atoms. The van der Waals surface area contributed by atoms with E-state index in [1.807, 2.05) is 18.2 Å². The van der Waals surface area contributed by atoms with Crippen molar-refractivity contribution in [1.82, 2.24) is 14.6 Å². The van der Waals surface area contributed by atoms with Gasteiger partial charge in [-0.25, -0.2) is 0 Å². The number of nitrogens with zero attached hydrogens (tertiary/aromatic N) is 1. The lowest BCUT2D eigenvalue weighted by Gasteiger charge is -2.15. The number of hydrogen-bond acceptors (Lipinski definition) is 5. The van der Waals surface area contributed by atoms with E-state index in [2.05, 4.69) is 29.1 Å². The van der Waals surface area contributed by atoms with Crippen molar-refractivity contribution < 1.29 is 9.90 Å². The molecule has 2 rings (SSSR count). The van der Waals surface area contributed by atoms with Gasteiger partial charge in [-0.15, -0.1) is 0 Å². The minimum absolute atomic E-state index is 0.0443. The van der Waals surface area contributed by atoms with Gasteiger partial charge in [-0.1, -0.05) is 31.2 Å². The van der Waals surface area contributed by atoms with Crippen molar-refractivity contribution in [1.29, 1.82) is 0 Å². The zero-order valence-electron chi connectivity index (χ0n) is 13.9. The molecule has 0 saturated carbocycles. The highest BCUT2D eigenvalue weighted by Crippen LogP contribution is 2.19. The van der Waals surface area contributed by atoms with Crippen molar-refractivity contribution in [2.75, 3.05) is 7.05 Å². The van der Waals surface area contributed by atoms with Crippen LogP contribution < -0.4 is 15.5 Å². The van der Waals surface area contributed by atoms with Gasteiger partial charge in [0.2, 0.25) is 5.43 Å². The number of nitrogens with one attached hydrogen (secondary N) is 2. The smallest absolute Gasteiger partial charge is 0.271 e. The second-order valence-electron chi connectivity index (χ2n) is 5.43. The Balaban J connectivity index is 2.13. The lowest BCUT2D eigenvalue weighted by molar-refractivity contribution is 0.0950. The van der Waals surface area contributed by atoms with E-state index in [0.29, 0.717) is 18.2 Å². The number of hydrogen-bond donors (Lipinski definition) is 3. The first-order valence-corrected chi connectivity index (χ1v) is 8.36. The SMILES string of the molecule is CNC(=O)c1c(O)c(=O)cc(CNSC2=CC=CC(C)C=C2)n1C. The largest absolute Gasteiger partial charge is 0.503 e. The molecular weight excluding hydrogens is 326 g/mol. The Morgan fingerprint density at radius 2 is 2.17 bits per heavy atom. The van der Waals surface area contributed by atoms with Crippen LogP contribution in [0.3, 0.4) is 0 Å². The quantitative estimate of drug-likeness (QED) is 0.708. The van der Waals surface area contributed by atoms with Gasteiger partial charge in [0.1, 0.15) is 0 Å². The maximum absolute atomic E-state index is 11.9. The molecule has 128 valence electrons. The van der Waals surface area contributed by atoms with Crippen LogP contribution in [-0.2, 0) is 13.6 Å². The van der Waals surface area contributed by atoms with Crippen LogP contribution >= 0.6 is 11.9 Å². The van der Waals surface area contributed by atoms with E-state index in [0.717, 1.165) is 4.91 Å². The Labute approximate surface area is 145 Å². The topological polar surface area (TPSA) is 83.4 Å². The van der Waals surface area contributed by atoms with E-state index in [1.54, 1.807) is 7.05 Å². The highest BCUT2D eigenvalue weighted by molar-refractivity contribution is 8.01. The van der Waals surface area contributed by atoms with Crippen LogP contribution in [-0.4, -0.2) is 22.6 Å². The molecule has 1 aliphatic carbocycles. The van der Waals surface area contributed by atoms with E-state index in [9.17, 15) is 14.7 Å². The molecule has 1 atom stereocenters. The molecule has 1 unspecified atom stereocenters. The maximum Gasteiger partial charge on any atom is 0.271 e. The molecule has 1 heterocycles. The van der Waals surface area contributed by atoms with E-state index in [1.165, 1.54) is 29.6 Å². The first kappa shape index (κ1) is 18.1. The highest BCUT2D eigenvalue weighted by atomic mass is 32.2. The minimum Gasteiger partial charge on any atom is -0.503 e. The number of carbonyl (C=O) groups excluding carboxylic acids is 1. The van der Waals surface area contributed by atoms with Gasteiger partial charge in [0.05, 0.1) is 0 Å². The molecule has 0 fully saturated rings. The number of carbonyl (C=O) groups is 1. The molecule has 6 nitrogen and oxygen atoms in total.